The van der Waals surface area contributed by atoms with Crippen LogP contribution in [-0.2, 0) is 0 Å². The van der Waals surface area contributed by atoms with Crippen molar-refractivity contribution in [2.45, 2.75) is 24.9 Å². The average molecular weight is 431 g/mol. The SMILES string of the molecule is Cl.Cl.Clc1cc2cc(N3CC4CCC(C3)N4)ccc2nc1N1CCNCC1. The van der Waals surface area contributed by atoms with Crippen LogP contribution in [-0.4, -0.2) is 56.3 Å². The van der Waals surface area contributed by atoms with Gasteiger partial charge in [0, 0.05) is 62.4 Å². The van der Waals surface area contributed by atoms with Crippen molar-refractivity contribution < 1.29 is 0 Å². The van der Waals surface area contributed by atoms with Crippen molar-refractivity contribution >= 4 is 58.8 Å². The van der Waals surface area contributed by atoms with Gasteiger partial charge in [0.1, 0.15) is 5.82 Å². The highest BCUT2D eigenvalue weighted by Gasteiger charge is 2.32. The quantitative estimate of drug-likeness (QED) is 0.766. The number of halogens is 3. The van der Waals surface area contributed by atoms with E-state index in [0.29, 0.717) is 12.1 Å². The van der Waals surface area contributed by atoms with Crippen LogP contribution in [0.25, 0.3) is 10.9 Å². The largest absolute Gasteiger partial charge is 0.368 e. The van der Waals surface area contributed by atoms with E-state index < -0.39 is 0 Å². The molecule has 1 aromatic carbocycles. The van der Waals surface area contributed by atoms with Crippen molar-refractivity contribution in [1.82, 2.24) is 15.6 Å². The van der Waals surface area contributed by atoms with E-state index >= 15 is 0 Å². The maximum Gasteiger partial charge on any atom is 0.148 e. The molecule has 2 N–H and O–H groups in total. The molecule has 3 aliphatic rings. The van der Waals surface area contributed by atoms with Gasteiger partial charge in [-0.3, -0.25) is 0 Å². The van der Waals surface area contributed by atoms with Crippen molar-refractivity contribution in [3.8, 4) is 0 Å². The standard InChI is InChI=1S/C19H24ClN5.2ClH/c20-17-10-13-9-16(25-11-14-1-2-15(12-25)22-14)3-4-18(13)23-19(17)24-7-5-21-6-8-24;;/h3-4,9-10,14-15,21-22H,1-2,5-8,11-12H2;2*1H. The van der Waals surface area contributed by atoms with Gasteiger partial charge in [-0.25, -0.2) is 4.98 Å². The molecule has 0 amide bonds. The lowest BCUT2D eigenvalue weighted by Crippen LogP contribution is -2.51. The molecule has 4 heterocycles. The number of nitrogens with zero attached hydrogens (tertiary/aromatic N) is 3. The molecule has 8 heteroatoms. The third-order valence-corrected chi connectivity index (χ3v) is 6.01. The summed E-state index contributed by atoms with van der Waals surface area (Å²) in [4.78, 5) is 9.65. The van der Waals surface area contributed by atoms with Gasteiger partial charge in [0.05, 0.1) is 10.5 Å². The monoisotopic (exact) mass is 429 g/mol. The Labute approximate surface area is 177 Å². The Morgan fingerprint density at radius 3 is 2.37 bits per heavy atom. The molecule has 0 aliphatic carbocycles. The highest BCUT2D eigenvalue weighted by atomic mass is 35.5. The molecule has 3 saturated heterocycles. The van der Waals surface area contributed by atoms with Crippen LogP contribution < -0.4 is 20.4 Å². The fourth-order valence-electron chi connectivity index (χ4n) is 4.43. The van der Waals surface area contributed by atoms with E-state index in [2.05, 4.69) is 44.7 Å². The Balaban J connectivity index is 0.00000105. The Hall–Kier alpha value is -0.980. The Kier molecular flexibility index (Phi) is 6.59. The van der Waals surface area contributed by atoms with Gasteiger partial charge in [-0.15, -0.1) is 24.8 Å². The van der Waals surface area contributed by atoms with Gasteiger partial charge in [0.2, 0.25) is 0 Å². The zero-order chi connectivity index (χ0) is 16.8. The van der Waals surface area contributed by atoms with Crippen LogP contribution in [0.3, 0.4) is 0 Å². The number of aromatic nitrogens is 1. The molecule has 2 unspecified atom stereocenters. The first-order valence-corrected chi connectivity index (χ1v) is 9.71. The summed E-state index contributed by atoms with van der Waals surface area (Å²) in [5, 5.41) is 8.96. The molecular formula is C19H26Cl3N5. The van der Waals surface area contributed by atoms with Gasteiger partial charge in [-0.2, -0.15) is 0 Å². The topological polar surface area (TPSA) is 43.4 Å². The van der Waals surface area contributed by atoms with Crippen molar-refractivity contribution in [3.63, 3.8) is 0 Å². The van der Waals surface area contributed by atoms with Crippen molar-refractivity contribution in [3.05, 3.63) is 29.3 Å². The maximum atomic E-state index is 6.58. The van der Waals surface area contributed by atoms with Crippen LogP contribution >= 0.6 is 36.4 Å². The van der Waals surface area contributed by atoms with E-state index in [1.165, 1.54) is 18.5 Å². The van der Waals surface area contributed by atoms with Gasteiger partial charge in [-0.1, -0.05) is 11.6 Å². The van der Waals surface area contributed by atoms with E-state index in [1.54, 1.807) is 0 Å². The molecule has 5 rings (SSSR count). The van der Waals surface area contributed by atoms with Crippen molar-refractivity contribution in [2.75, 3.05) is 49.1 Å². The van der Waals surface area contributed by atoms with Crippen molar-refractivity contribution in [1.29, 1.82) is 0 Å². The summed E-state index contributed by atoms with van der Waals surface area (Å²) in [6, 6.07) is 9.99. The van der Waals surface area contributed by atoms with Gasteiger partial charge >= 0.3 is 0 Å². The van der Waals surface area contributed by atoms with Crippen molar-refractivity contribution in [2.24, 2.45) is 0 Å². The van der Waals surface area contributed by atoms with Crippen LogP contribution in [0.5, 0.6) is 0 Å². The molecule has 0 saturated carbocycles. The number of hydrogen-bond donors (Lipinski definition) is 2. The predicted molar refractivity (Wildman–Crippen MR) is 118 cm³/mol. The molecule has 148 valence electrons. The fourth-order valence-corrected chi connectivity index (χ4v) is 4.71. The maximum absolute atomic E-state index is 6.58. The van der Waals surface area contributed by atoms with Gasteiger partial charge < -0.3 is 20.4 Å². The van der Waals surface area contributed by atoms with Gasteiger partial charge in [0.25, 0.3) is 0 Å². The number of fused-ring (bicyclic) bond motifs is 3. The van der Waals surface area contributed by atoms with Gasteiger partial charge in [0.15, 0.2) is 0 Å². The van der Waals surface area contributed by atoms with E-state index in [1.807, 2.05) is 0 Å². The number of nitrogens with one attached hydrogen (secondary N) is 2. The lowest BCUT2D eigenvalue weighted by atomic mass is 10.1. The number of hydrogen-bond acceptors (Lipinski definition) is 5. The molecule has 27 heavy (non-hydrogen) atoms. The summed E-state index contributed by atoms with van der Waals surface area (Å²) in [6.45, 7) is 6.09. The summed E-state index contributed by atoms with van der Waals surface area (Å²) in [6.07, 6.45) is 2.60. The second-order valence-electron chi connectivity index (χ2n) is 7.45. The summed E-state index contributed by atoms with van der Waals surface area (Å²) >= 11 is 6.58. The summed E-state index contributed by atoms with van der Waals surface area (Å²) in [5.41, 5.74) is 2.32. The molecular weight excluding hydrogens is 405 g/mol. The second kappa shape index (κ2) is 8.58. The van der Waals surface area contributed by atoms with E-state index in [9.17, 15) is 0 Å². The molecule has 3 aliphatic heterocycles. The Morgan fingerprint density at radius 2 is 1.67 bits per heavy atom. The third kappa shape index (κ3) is 4.08. The zero-order valence-electron chi connectivity index (χ0n) is 15.2. The van der Waals surface area contributed by atoms with E-state index in [-0.39, 0.29) is 24.8 Å². The molecule has 0 radical (unpaired) electrons. The molecule has 2 bridgehead atoms. The first kappa shape index (κ1) is 20.7. The molecule has 1 aromatic heterocycles. The third-order valence-electron chi connectivity index (χ3n) is 5.73. The first-order valence-electron chi connectivity index (χ1n) is 9.33. The highest BCUT2D eigenvalue weighted by Crippen LogP contribution is 2.32. The minimum atomic E-state index is 0. The minimum absolute atomic E-state index is 0. The number of benzene rings is 1. The molecule has 0 spiro atoms. The van der Waals surface area contributed by atoms with Crippen LogP contribution in [0.1, 0.15) is 12.8 Å². The van der Waals surface area contributed by atoms with Gasteiger partial charge in [-0.05, 0) is 37.1 Å². The number of rotatable bonds is 2. The van der Waals surface area contributed by atoms with Crippen LogP contribution in [0.4, 0.5) is 11.5 Å². The summed E-state index contributed by atoms with van der Waals surface area (Å²) < 4.78 is 0. The summed E-state index contributed by atoms with van der Waals surface area (Å²) in [7, 11) is 0. The van der Waals surface area contributed by atoms with E-state index in [4.69, 9.17) is 16.6 Å². The highest BCUT2D eigenvalue weighted by molar-refractivity contribution is 6.33. The second-order valence-corrected chi connectivity index (χ2v) is 7.86. The van der Waals surface area contributed by atoms with E-state index in [0.717, 1.165) is 61.0 Å². The molecule has 5 nitrogen and oxygen atoms in total. The Bertz CT molecular complexity index is 784. The molecule has 2 aromatic rings. The fraction of sp³-hybridized carbons (Fsp3) is 0.526. The number of anilines is 2. The normalized spacial score (nSPS) is 24.5. The smallest absolute Gasteiger partial charge is 0.148 e. The molecule has 3 fully saturated rings. The summed E-state index contributed by atoms with van der Waals surface area (Å²) in [5.74, 6) is 0.920. The average Bonchev–Trinajstić information content (AvgIpc) is 2.99. The van der Waals surface area contributed by atoms with Crippen LogP contribution in [0.15, 0.2) is 24.3 Å². The minimum Gasteiger partial charge on any atom is -0.368 e. The number of pyridine rings is 1. The Morgan fingerprint density at radius 1 is 0.963 bits per heavy atom. The molecule has 2 atom stereocenters. The zero-order valence-corrected chi connectivity index (χ0v) is 17.5. The van der Waals surface area contributed by atoms with Crippen LogP contribution in [0, 0.1) is 0 Å². The number of piperazine rings is 2. The lowest BCUT2D eigenvalue weighted by Gasteiger charge is -2.34. The predicted octanol–water partition coefficient (Wildman–Crippen LogP) is 3.08. The van der Waals surface area contributed by atoms with Crippen LogP contribution in [0.2, 0.25) is 5.02 Å². The first-order chi connectivity index (χ1) is 12.3. The lowest BCUT2D eigenvalue weighted by molar-refractivity contribution is 0.466.